The molecule has 0 bridgehead atoms. The van der Waals surface area contributed by atoms with Gasteiger partial charge in [0.1, 0.15) is 0 Å². The van der Waals surface area contributed by atoms with Crippen LogP contribution in [0.25, 0.3) is 10.9 Å². The zero-order valence-corrected chi connectivity index (χ0v) is 15.5. The van der Waals surface area contributed by atoms with E-state index in [0.717, 1.165) is 43.7 Å². The lowest BCUT2D eigenvalue weighted by molar-refractivity contribution is -0.126. The molecule has 1 aliphatic heterocycles. The summed E-state index contributed by atoms with van der Waals surface area (Å²) in [6.45, 7) is 5.81. The van der Waals surface area contributed by atoms with E-state index in [9.17, 15) is 4.79 Å². The van der Waals surface area contributed by atoms with Gasteiger partial charge in [0.2, 0.25) is 5.91 Å². The minimum absolute atomic E-state index is 0. The molecule has 136 valence electrons. The van der Waals surface area contributed by atoms with E-state index in [4.69, 9.17) is 5.73 Å². The molecule has 25 heavy (non-hydrogen) atoms. The fourth-order valence-electron chi connectivity index (χ4n) is 3.39. The Kier molecular flexibility index (Phi) is 7.17. The summed E-state index contributed by atoms with van der Waals surface area (Å²) in [5.41, 5.74) is 8.81. The molecule has 1 saturated heterocycles. The molecule has 2 heterocycles. The molecule has 3 rings (SSSR count). The molecule has 0 radical (unpaired) electrons. The number of piperidine rings is 1. The van der Waals surface area contributed by atoms with Crippen LogP contribution in [0, 0.1) is 12.8 Å². The summed E-state index contributed by atoms with van der Waals surface area (Å²) < 4.78 is 0. The summed E-state index contributed by atoms with van der Waals surface area (Å²) in [6.07, 6.45) is 2.03. The molecular weight excluding hydrogens is 336 g/mol. The van der Waals surface area contributed by atoms with Crippen LogP contribution >= 0.6 is 12.4 Å². The molecule has 0 spiro atoms. The van der Waals surface area contributed by atoms with Crippen molar-refractivity contribution < 1.29 is 4.79 Å². The zero-order valence-electron chi connectivity index (χ0n) is 14.7. The largest absolute Gasteiger partial charge is 0.355 e. The molecule has 5 nitrogen and oxygen atoms in total. The summed E-state index contributed by atoms with van der Waals surface area (Å²) in [7, 11) is 0. The minimum atomic E-state index is 0. The molecule has 0 saturated carbocycles. The third-order valence-corrected chi connectivity index (χ3v) is 4.62. The molecular formula is C19H27ClN4O. The lowest BCUT2D eigenvalue weighted by Crippen LogP contribution is -2.43. The number of likely N-dealkylation sites (tertiary alicyclic amines) is 1. The van der Waals surface area contributed by atoms with Crippen LogP contribution in [-0.4, -0.2) is 42.0 Å². The quantitative estimate of drug-likeness (QED) is 0.855. The predicted molar refractivity (Wildman–Crippen MR) is 104 cm³/mol. The number of hydrogen-bond acceptors (Lipinski definition) is 4. The van der Waals surface area contributed by atoms with Crippen LogP contribution < -0.4 is 11.1 Å². The van der Waals surface area contributed by atoms with Crippen molar-refractivity contribution in [3.8, 4) is 0 Å². The Bertz CT molecular complexity index is 722. The normalized spacial score (nSPS) is 17.9. The Hall–Kier alpha value is -1.69. The standard InChI is InChI=1S/C19H26N4O.ClH/c1-14-4-6-16-11-15(5-7-18(16)22-14)12-23-10-2-3-17(13-23)19(24)21-9-8-20;/h4-7,11,17H,2-3,8-10,12-13,20H2,1H3,(H,21,24);1H. The van der Waals surface area contributed by atoms with Crippen molar-refractivity contribution in [1.29, 1.82) is 0 Å². The van der Waals surface area contributed by atoms with Crippen molar-refractivity contribution in [2.24, 2.45) is 11.7 Å². The van der Waals surface area contributed by atoms with Crippen molar-refractivity contribution in [2.75, 3.05) is 26.2 Å². The first-order valence-electron chi connectivity index (χ1n) is 8.72. The highest BCUT2D eigenvalue weighted by Crippen LogP contribution is 2.21. The van der Waals surface area contributed by atoms with Crippen molar-refractivity contribution in [1.82, 2.24) is 15.2 Å². The number of halogens is 1. The van der Waals surface area contributed by atoms with Gasteiger partial charge in [-0.3, -0.25) is 14.7 Å². The third kappa shape index (κ3) is 5.14. The third-order valence-electron chi connectivity index (χ3n) is 4.62. The number of carbonyl (C=O) groups is 1. The van der Waals surface area contributed by atoms with Gasteiger partial charge in [0.15, 0.2) is 0 Å². The van der Waals surface area contributed by atoms with Crippen LogP contribution in [0.2, 0.25) is 0 Å². The maximum atomic E-state index is 12.2. The maximum Gasteiger partial charge on any atom is 0.224 e. The first-order valence-corrected chi connectivity index (χ1v) is 8.72. The van der Waals surface area contributed by atoms with Gasteiger partial charge in [0, 0.05) is 37.3 Å². The van der Waals surface area contributed by atoms with E-state index in [1.807, 2.05) is 13.0 Å². The first-order chi connectivity index (χ1) is 11.7. The minimum Gasteiger partial charge on any atom is -0.355 e. The first kappa shape index (κ1) is 19.6. The number of nitrogens with one attached hydrogen (secondary N) is 1. The molecule has 1 aromatic carbocycles. The van der Waals surface area contributed by atoms with E-state index in [1.54, 1.807) is 0 Å². The summed E-state index contributed by atoms with van der Waals surface area (Å²) >= 11 is 0. The van der Waals surface area contributed by atoms with E-state index in [0.29, 0.717) is 13.1 Å². The SMILES string of the molecule is Cc1ccc2cc(CN3CCCC(C(=O)NCCN)C3)ccc2n1.Cl. The Morgan fingerprint density at radius 3 is 3.00 bits per heavy atom. The highest BCUT2D eigenvalue weighted by atomic mass is 35.5. The molecule has 3 N–H and O–H groups in total. The molecule has 1 aromatic heterocycles. The van der Waals surface area contributed by atoms with Crippen molar-refractivity contribution >= 4 is 29.2 Å². The van der Waals surface area contributed by atoms with E-state index in [-0.39, 0.29) is 24.2 Å². The van der Waals surface area contributed by atoms with Gasteiger partial charge in [-0.25, -0.2) is 0 Å². The molecule has 1 fully saturated rings. The number of carbonyl (C=O) groups excluding carboxylic acids is 1. The number of nitrogens with two attached hydrogens (primary N) is 1. The molecule has 2 aromatic rings. The van der Waals surface area contributed by atoms with Crippen LogP contribution in [0.3, 0.4) is 0 Å². The highest BCUT2D eigenvalue weighted by molar-refractivity contribution is 5.85. The lowest BCUT2D eigenvalue weighted by atomic mass is 9.96. The van der Waals surface area contributed by atoms with Crippen LogP contribution in [0.4, 0.5) is 0 Å². The van der Waals surface area contributed by atoms with E-state index in [2.05, 4.69) is 39.5 Å². The van der Waals surface area contributed by atoms with Crippen molar-refractivity contribution in [2.45, 2.75) is 26.3 Å². The molecule has 1 unspecified atom stereocenters. The van der Waals surface area contributed by atoms with Crippen LogP contribution in [0.15, 0.2) is 30.3 Å². The maximum absolute atomic E-state index is 12.2. The van der Waals surface area contributed by atoms with Crippen molar-refractivity contribution in [3.63, 3.8) is 0 Å². The molecule has 1 atom stereocenters. The zero-order chi connectivity index (χ0) is 16.9. The number of rotatable bonds is 5. The molecule has 6 heteroatoms. The summed E-state index contributed by atoms with van der Waals surface area (Å²) in [4.78, 5) is 19.1. The van der Waals surface area contributed by atoms with E-state index in [1.165, 1.54) is 10.9 Å². The van der Waals surface area contributed by atoms with Gasteiger partial charge in [-0.05, 0) is 50.1 Å². The van der Waals surface area contributed by atoms with Gasteiger partial charge in [-0.2, -0.15) is 0 Å². The highest BCUT2D eigenvalue weighted by Gasteiger charge is 2.25. The average Bonchev–Trinajstić information content (AvgIpc) is 2.60. The van der Waals surface area contributed by atoms with Gasteiger partial charge >= 0.3 is 0 Å². The van der Waals surface area contributed by atoms with Gasteiger partial charge in [-0.1, -0.05) is 12.1 Å². The smallest absolute Gasteiger partial charge is 0.224 e. The Labute approximate surface area is 155 Å². The molecule has 1 amide bonds. The van der Waals surface area contributed by atoms with Gasteiger partial charge in [0.05, 0.1) is 11.4 Å². The van der Waals surface area contributed by atoms with Gasteiger partial charge in [-0.15, -0.1) is 12.4 Å². The van der Waals surface area contributed by atoms with Gasteiger partial charge < -0.3 is 11.1 Å². The van der Waals surface area contributed by atoms with Gasteiger partial charge in [0.25, 0.3) is 0 Å². The monoisotopic (exact) mass is 362 g/mol. The molecule has 1 aliphatic rings. The fraction of sp³-hybridized carbons (Fsp3) is 0.474. The second-order valence-electron chi connectivity index (χ2n) is 6.63. The summed E-state index contributed by atoms with van der Waals surface area (Å²) in [5.74, 6) is 0.221. The summed E-state index contributed by atoms with van der Waals surface area (Å²) in [5, 5.41) is 4.09. The Morgan fingerprint density at radius 1 is 1.36 bits per heavy atom. The average molecular weight is 363 g/mol. The number of pyridine rings is 1. The number of amides is 1. The summed E-state index contributed by atoms with van der Waals surface area (Å²) in [6, 6.07) is 10.6. The van der Waals surface area contributed by atoms with Crippen molar-refractivity contribution in [3.05, 3.63) is 41.6 Å². The van der Waals surface area contributed by atoms with E-state index < -0.39 is 0 Å². The van der Waals surface area contributed by atoms with Crippen LogP contribution in [-0.2, 0) is 11.3 Å². The second kappa shape index (κ2) is 9.13. The Morgan fingerprint density at radius 2 is 2.20 bits per heavy atom. The number of benzene rings is 1. The Balaban J connectivity index is 0.00000225. The predicted octanol–water partition coefficient (Wildman–Crippen LogP) is 2.25. The topological polar surface area (TPSA) is 71.2 Å². The number of nitrogens with zero attached hydrogens (tertiary/aromatic N) is 2. The second-order valence-corrected chi connectivity index (χ2v) is 6.63. The van der Waals surface area contributed by atoms with E-state index >= 15 is 0 Å². The number of aryl methyl sites for hydroxylation is 1. The number of hydrogen-bond donors (Lipinski definition) is 2. The lowest BCUT2D eigenvalue weighted by Gasteiger charge is -2.32. The van der Waals surface area contributed by atoms with Crippen LogP contribution in [0.1, 0.15) is 24.1 Å². The number of aromatic nitrogens is 1. The molecule has 0 aliphatic carbocycles. The fourth-order valence-corrected chi connectivity index (χ4v) is 3.39. The van der Waals surface area contributed by atoms with Crippen LogP contribution in [0.5, 0.6) is 0 Å². The number of fused-ring (bicyclic) bond motifs is 1.